The van der Waals surface area contributed by atoms with Gasteiger partial charge in [-0.1, -0.05) is 12.1 Å². The Bertz CT molecular complexity index is 1400. The van der Waals surface area contributed by atoms with Gasteiger partial charge in [-0.2, -0.15) is 13.2 Å². The van der Waals surface area contributed by atoms with Crippen molar-refractivity contribution in [3.63, 3.8) is 0 Å². The molecule has 0 saturated heterocycles. The smallest absolute Gasteiger partial charge is 0.490 e. The largest absolute Gasteiger partial charge is 0.497 e. The maximum atomic E-state index is 12.9. The van der Waals surface area contributed by atoms with Crippen molar-refractivity contribution in [2.45, 2.75) is 19.6 Å². The lowest BCUT2D eigenvalue weighted by molar-refractivity contribution is -0.192. The number of benzene rings is 1. The first-order chi connectivity index (χ1) is 17.0. The number of nitrogens with zero attached hydrogens (tertiary/aromatic N) is 4. The van der Waals surface area contributed by atoms with Crippen LogP contribution in [0.5, 0.6) is 5.75 Å². The maximum Gasteiger partial charge on any atom is 0.490 e. The zero-order valence-electron chi connectivity index (χ0n) is 19.1. The number of imidazole rings is 1. The van der Waals surface area contributed by atoms with Gasteiger partial charge in [0.25, 0.3) is 5.91 Å². The molecule has 1 amide bonds. The minimum Gasteiger partial charge on any atom is -0.497 e. The third-order valence-corrected chi connectivity index (χ3v) is 4.81. The molecule has 4 rings (SSSR count). The van der Waals surface area contributed by atoms with Gasteiger partial charge in [-0.25, -0.2) is 19.7 Å². The van der Waals surface area contributed by atoms with Gasteiger partial charge in [-0.3, -0.25) is 9.20 Å². The van der Waals surface area contributed by atoms with Crippen LogP contribution < -0.4 is 15.8 Å². The van der Waals surface area contributed by atoms with Gasteiger partial charge in [-0.15, -0.1) is 0 Å². The Morgan fingerprint density at radius 3 is 2.53 bits per heavy atom. The Balaban J connectivity index is 0.000000454. The predicted octanol–water partition coefficient (Wildman–Crippen LogP) is 3.25. The number of hydrogen-bond donors (Lipinski definition) is 3. The summed E-state index contributed by atoms with van der Waals surface area (Å²) >= 11 is 0. The highest BCUT2D eigenvalue weighted by Gasteiger charge is 2.38. The molecule has 0 aliphatic heterocycles. The summed E-state index contributed by atoms with van der Waals surface area (Å²) in [6, 6.07) is 13.1. The van der Waals surface area contributed by atoms with Crippen LogP contribution in [0.15, 0.2) is 54.9 Å². The number of halogens is 3. The highest BCUT2D eigenvalue weighted by atomic mass is 19.4. The van der Waals surface area contributed by atoms with Crippen molar-refractivity contribution in [3.05, 3.63) is 71.8 Å². The van der Waals surface area contributed by atoms with Crippen molar-refractivity contribution in [1.29, 1.82) is 0 Å². The van der Waals surface area contributed by atoms with Crippen molar-refractivity contribution in [1.82, 2.24) is 24.7 Å². The second-order valence-electron chi connectivity index (χ2n) is 7.33. The number of hydrogen-bond acceptors (Lipinski definition) is 7. The number of carbonyl (C=O) groups is 2. The van der Waals surface area contributed by atoms with Gasteiger partial charge in [0.15, 0.2) is 0 Å². The topological polar surface area (TPSA) is 145 Å². The number of methoxy groups -OCH3 is 1. The fourth-order valence-corrected chi connectivity index (χ4v) is 3.17. The number of nitrogens with one attached hydrogen (secondary N) is 1. The van der Waals surface area contributed by atoms with Crippen LogP contribution >= 0.6 is 0 Å². The fraction of sp³-hybridized carbons (Fsp3) is 0.174. The molecule has 4 N–H and O–H groups in total. The first kappa shape index (κ1) is 25.9. The molecule has 0 radical (unpaired) electrons. The van der Waals surface area contributed by atoms with E-state index in [-0.39, 0.29) is 11.9 Å². The van der Waals surface area contributed by atoms with Crippen LogP contribution in [0, 0.1) is 6.92 Å². The van der Waals surface area contributed by atoms with Crippen LogP contribution in [-0.4, -0.2) is 49.6 Å². The molecule has 188 valence electrons. The van der Waals surface area contributed by atoms with Crippen molar-refractivity contribution < 1.29 is 32.6 Å². The van der Waals surface area contributed by atoms with Gasteiger partial charge >= 0.3 is 12.1 Å². The number of nitrogen functional groups attached to an aromatic ring is 1. The molecule has 0 aliphatic rings. The van der Waals surface area contributed by atoms with E-state index in [1.165, 1.54) is 0 Å². The lowest BCUT2D eigenvalue weighted by atomic mass is 10.2. The predicted molar refractivity (Wildman–Crippen MR) is 123 cm³/mol. The van der Waals surface area contributed by atoms with Crippen LogP contribution in [0.1, 0.15) is 21.7 Å². The molecule has 0 bridgehead atoms. The van der Waals surface area contributed by atoms with E-state index in [1.807, 2.05) is 49.5 Å². The number of anilines is 1. The van der Waals surface area contributed by atoms with Gasteiger partial charge in [0.05, 0.1) is 18.5 Å². The van der Waals surface area contributed by atoms with Crippen molar-refractivity contribution >= 4 is 23.5 Å². The van der Waals surface area contributed by atoms with E-state index in [0.29, 0.717) is 29.3 Å². The zero-order chi connectivity index (χ0) is 26.5. The highest BCUT2D eigenvalue weighted by molar-refractivity contribution is 5.94. The molecule has 13 heteroatoms. The number of rotatable bonds is 5. The summed E-state index contributed by atoms with van der Waals surface area (Å²) in [6.07, 6.45) is -1.65. The summed E-state index contributed by atoms with van der Waals surface area (Å²) < 4.78 is 38.7. The summed E-state index contributed by atoms with van der Waals surface area (Å²) in [5.74, 6) is -2.03. The summed E-state index contributed by atoms with van der Waals surface area (Å²) in [5.41, 5.74) is 9.93. The molecular weight excluding hydrogens is 481 g/mol. The SMILES string of the molecule is COc1cccc(CNC(=O)c2c(C)nc3ccc(-c4ccnc(N)n4)cn23)c1.O=C(O)C(F)(F)F. The number of carbonyl (C=O) groups excluding carboxylic acids is 1. The number of ether oxygens (including phenoxy) is 1. The van der Waals surface area contributed by atoms with Gasteiger partial charge < -0.3 is 20.9 Å². The Hall–Kier alpha value is -4.68. The third kappa shape index (κ3) is 6.25. The minimum atomic E-state index is -5.08. The molecule has 1 aromatic carbocycles. The molecule has 0 unspecified atom stereocenters. The molecule has 3 aromatic heterocycles. The molecule has 0 fully saturated rings. The Morgan fingerprint density at radius 2 is 1.89 bits per heavy atom. The number of fused-ring (bicyclic) bond motifs is 1. The lowest BCUT2D eigenvalue weighted by Gasteiger charge is -2.08. The summed E-state index contributed by atoms with van der Waals surface area (Å²) in [4.78, 5) is 34.5. The van der Waals surface area contributed by atoms with E-state index in [9.17, 15) is 18.0 Å². The van der Waals surface area contributed by atoms with E-state index in [4.69, 9.17) is 20.4 Å². The standard InChI is InChI=1S/C21H20N6O2.C2HF3O2/c1-13-19(20(28)24-11-14-4-3-5-16(10-14)29-2)27-12-15(6-7-18(27)25-13)17-8-9-23-21(22)26-17;3-2(4,5)1(6)7/h3-10,12H,11H2,1-2H3,(H,24,28)(H2,22,23,26);(H,6,7). The number of amides is 1. The monoisotopic (exact) mass is 502 g/mol. The molecule has 3 heterocycles. The molecule has 10 nitrogen and oxygen atoms in total. The number of pyridine rings is 1. The fourth-order valence-electron chi connectivity index (χ4n) is 3.17. The van der Waals surface area contributed by atoms with E-state index in [2.05, 4.69) is 20.3 Å². The molecular formula is C23H21F3N6O4. The number of aryl methyl sites for hydroxylation is 1. The number of aliphatic carboxylic acids is 1. The maximum absolute atomic E-state index is 12.9. The summed E-state index contributed by atoms with van der Waals surface area (Å²) in [6.45, 7) is 2.20. The Kier molecular flexibility index (Phi) is 7.72. The molecule has 0 aliphatic carbocycles. The average molecular weight is 502 g/mol. The van der Waals surface area contributed by atoms with Crippen LogP contribution in [0.3, 0.4) is 0 Å². The van der Waals surface area contributed by atoms with E-state index < -0.39 is 12.1 Å². The van der Waals surface area contributed by atoms with Crippen molar-refractivity contribution in [3.8, 4) is 17.0 Å². The van der Waals surface area contributed by atoms with Crippen LogP contribution in [-0.2, 0) is 11.3 Å². The van der Waals surface area contributed by atoms with Gasteiger partial charge in [0.1, 0.15) is 17.1 Å². The third-order valence-electron chi connectivity index (χ3n) is 4.81. The second-order valence-corrected chi connectivity index (χ2v) is 7.33. The molecule has 36 heavy (non-hydrogen) atoms. The lowest BCUT2D eigenvalue weighted by Crippen LogP contribution is -2.25. The number of nitrogens with two attached hydrogens (primary N) is 1. The Morgan fingerprint density at radius 1 is 1.17 bits per heavy atom. The minimum absolute atomic E-state index is 0.195. The van der Waals surface area contributed by atoms with Crippen LogP contribution in [0.4, 0.5) is 19.1 Å². The van der Waals surface area contributed by atoms with Crippen LogP contribution in [0.2, 0.25) is 0 Å². The first-order valence-electron chi connectivity index (χ1n) is 10.3. The highest BCUT2D eigenvalue weighted by Crippen LogP contribution is 2.21. The van der Waals surface area contributed by atoms with Crippen molar-refractivity contribution in [2.24, 2.45) is 0 Å². The molecule has 4 aromatic rings. The second kappa shape index (κ2) is 10.7. The number of alkyl halides is 3. The molecule has 0 spiro atoms. The van der Waals surface area contributed by atoms with E-state index in [1.54, 1.807) is 23.8 Å². The van der Waals surface area contributed by atoms with Crippen LogP contribution in [0.25, 0.3) is 16.9 Å². The quantitative estimate of drug-likeness (QED) is 0.377. The summed E-state index contributed by atoms with van der Waals surface area (Å²) in [7, 11) is 1.61. The first-order valence-corrected chi connectivity index (χ1v) is 10.3. The number of aromatic nitrogens is 4. The average Bonchev–Trinajstić information content (AvgIpc) is 3.17. The summed E-state index contributed by atoms with van der Waals surface area (Å²) in [5, 5.41) is 10.1. The van der Waals surface area contributed by atoms with Gasteiger partial charge in [0.2, 0.25) is 5.95 Å². The normalized spacial score (nSPS) is 10.9. The van der Waals surface area contributed by atoms with Gasteiger partial charge in [0, 0.05) is 24.5 Å². The van der Waals surface area contributed by atoms with E-state index >= 15 is 0 Å². The number of carboxylic acid groups (broad SMARTS) is 1. The molecule has 0 saturated carbocycles. The van der Waals surface area contributed by atoms with Gasteiger partial charge in [-0.05, 0) is 42.8 Å². The van der Waals surface area contributed by atoms with Crippen molar-refractivity contribution in [2.75, 3.05) is 12.8 Å². The number of carboxylic acids is 1. The Labute approximate surface area is 202 Å². The van der Waals surface area contributed by atoms with E-state index in [0.717, 1.165) is 16.9 Å². The molecule has 0 atom stereocenters. The zero-order valence-corrected chi connectivity index (χ0v) is 19.1.